The second-order valence-corrected chi connectivity index (χ2v) is 2.64. The summed E-state index contributed by atoms with van der Waals surface area (Å²) in [6.45, 7) is 0. The normalized spacial score (nSPS) is 19.8. The third kappa shape index (κ3) is 1.18. The predicted octanol–water partition coefficient (Wildman–Crippen LogP) is 0.877. The Labute approximate surface area is 75.6 Å². The van der Waals surface area contributed by atoms with E-state index in [0.29, 0.717) is 6.42 Å². The van der Waals surface area contributed by atoms with Gasteiger partial charge in [-0.25, -0.2) is 9.78 Å². The lowest BCUT2D eigenvalue weighted by molar-refractivity contribution is -0.140. The molecule has 0 amide bonds. The van der Waals surface area contributed by atoms with Crippen LogP contribution in [0.1, 0.15) is 18.3 Å². The number of hydrogen-bond acceptors (Lipinski definition) is 2. The first kappa shape index (κ1) is 9.06. The minimum atomic E-state index is -0.762. The number of carboxylic acids is 1. The van der Waals surface area contributed by atoms with Gasteiger partial charge in [0.15, 0.2) is 0 Å². The second-order valence-electron chi connectivity index (χ2n) is 2.64. The zero-order chi connectivity index (χ0) is 7.84. The lowest BCUT2D eigenvalue weighted by Crippen LogP contribution is -2.13. The van der Waals surface area contributed by atoms with Gasteiger partial charge in [0.05, 0.1) is 0 Å². The summed E-state index contributed by atoms with van der Waals surface area (Å²) in [5, 5.41) is 8.73. The van der Waals surface area contributed by atoms with Crippen molar-refractivity contribution in [1.29, 1.82) is 0 Å². The molecule has 4 nitrogen and oxygen atoms in total. The average Bonchev–Trinajstić information content (AvgIpc) is 2.41. The lowest BCUT2D eigenvalue weighted by atomic mass is 10.2. The molecular formula is C7H9ClN2O2. The van der Waals surface area contributed by atoms with E-state index in [0.717, 1.165) is 12.2 Å². The van der Waals surface area contributed by atoms with Gasteiger partial charge >= 0.3 is 5.97 Å². The molecule has 1 aliphatic rings. The molecule has 2 rings (SSSR count). The summed E-state index contributed by atoms with van der Waals surface area (Å²) >= 11 is 0. The molecule has 0 aromatic carbocycles. The van der Waals surface area contributed by atoms with E-state index >= 15 is 0 Å². The number of carbonyl (C=O) groups is 1. The number of carboxylic acid groups (broad SMARTS) is 1. The first-order chi connectivity index (χ1) is 5.29. The zero-order valence-corrected chi connectivity index (χ0v) is 7.12. The third-order valence-corrected chi connectivity index (χ3v) is 2.01. The summed E-state index contributed by atoms with van der Waals surface area (Å²) in [6, 6.07) is -0.382. The number of halogens is 1. The van der Waals surface area contributed by atoms with Crippen molar-refractivity contribution in [2.45, 2.75) is 18.9 Å². The number of aliphatic carboxylic acids is 1. The number of aromatic nitrogens is 2. The molecule has 0 saturated heterocycles. The van der Waals surface area contributed by atoms with Gasteiger partial charge in [-0.15, -0.1) is 12.4 Å². The first-order valence-electron chi connectivity index (χ1n) is 3.53. The Hall–Kier alpha value is -1.03. The topological polar surface area (TPSA) is 55.1 Å². The maximum absolute atomic E-state index is 10.6. The van der Waals surface area contributed by atoms with Crippen molar-refractivity contribution in [3.8, 4) is 0 Å². The number of aryl methyl sites for hydroxylation is 1. The van der Waals surface area contributed by atoms with Crippen LogP contribution < -0.4 is 0 Å². The van der Waals surface area contributed by atoms with E-state index in [-0.39, 0.29) is 18.4 Å². The summed E-state index contributed by atoms with van der Waals surface area (Å²) in [4.78, 5) is 14.6. The van der Waals surface area contributed by atoms with Crippen LogP contribution >= 0.6 is 12.4 Å². The molecule has 2 heterocycles. The molecule has 1 unspecified atom stereocenters. The van der Waals surface area contributed by atoms with Crippen LogP contribution in [0.25, 0.3) is 0 Å². The minimum absolute atomic E-state index is 0. The van der Waals surface area contributed by atoms with Crippen molar-refractivity contribution >= 4 is 18.4 Å². The van der Waals surface area contributed by atoms with E-state index in [4.69, 9.17) is 5.11 Å². The van der Waals surface area contributed by atoms with Gasteiger partial charge in [-0.05, 0) is 6.42 Å². The average molecular weight is 189 g/mol. The molecule has 0 spiro atoms. The molecule has 1 aromatic heterocycles. The van der Waals surface area contributed by atoms with Crippen LogP contribution in [0.3, 0.4) is 0 Å². The van der Waals surface area contributed by atoms with Crippen LogP contribution in [0.2, 0.25) is 0 Å². The number of imidazole rings is 1. The molecule has 0 radical (unpaired) electrons. The predicted molar refractivity (Wildman–Crippen MR) is 44.5 cm³/mol. The van der Waals surface area contributed by atoms with Crippen molar-refractivity contribution in [2.75, 3.05) is 0 Å². The standard InChI is InChI=1S/C7H8N2O2.ClH/c10-7(11)5-1-2-6-8-3-4-9(5)6;/h3-5H,1-2H2,(H,10,11);1H. The maximum atomic E-state index is 10.6. The molecular weight excluding hydrogens is 180 g/mol. The van der Waals surface area contributed by atoms with Crippen molar-refractivity contribution in [3.63, 3.8) is 0 Å². The Morgan fingerprint density at radius 2 is 2.50 bits per heavy atom. The molecule has 0 fully saturated rings. The fourth-order valence-corrected chi connectivity index (χ4v) is 1.47. The van der Waals surface area contributed by atoms with Gasteiger partial charge in [0, 0.05) is 18.8 Å². The van der Waals surface area contributed by atoms with Gasteiger partial charge in [-0.3, -0.25) is 0 Å². The van der Waals surface area contributed by atoms with Crippen molar-refractivity contribution in [3.05, 3.63) is 18.2 Å². The number of nitrogens with zero attached hydrogens (tertiary/aromatic N) is 2. The lowest BCUT2D eigenvalue weighted by Gasteiger charge is -2.04. The summed E-state index contributed by atoms with van der Waals surface area (Å²) in [5.74, 6) is 0.124. The first-order valence-corrected chi connectivity index (χ1v) is 3.53. The molecule has 12 heavy (non-hydrogen) atoms. The van der Waals surface area contributed by atoms with Crippen LogP contribution in [-0.2, 0) is 11.2 Å². The SMILES string of the molecule is Cl.O=C(O)C1CCc2nccn21. The van der Waals surface area contributed by atoms with Crippen LogP contribution in [-0.4, -0.2) is 20.6 Å². The minimum Gasteiger partial charge on any atom is -0.480 e. The van der Waals surface area contributed by atoms with Crippen LogP contribution in [0, 0.1) is 0 Å². The van der Waals surface area contributed by atoms with Crippen LogP contribution in [0.15, 0.2) is 12.4 Å². The Bertz CT molecular complexity index is 297. The highest BCUT2D eigenvalue weighted by molar-refractivity contribution is 5.85. The Kier molecular flexibility index (Phi) is 2.38. The van der Waals surface area contributed by atoms with E-state index in [9.17, 15) is 4.79 Å². The molecule has 5 heteroatoms. The molecule has 1 N–H and O–H groups in total. The van der Waals surface area contributed by atoms with Crippen LogP contribution in [0.5, 0.6) is 0 Å². The fraction of sp³-hybridized carbons (Fsp3) is 0.429. The van der Waals surface area contributed by atoms with E-state index in [2.05, 4.69) is 4.98 Å². The highest BCUT2D eigenvalue weighted by Gasteiger charge is 2.27. The van der Waals surface area contributed by atoms with Crippen molar-refractivity contribution < 1.29 is 9.90 Å². The molecule has 66 valence electrons. The highest BCUT2D eigenvalue weighted by Crippen LogP contribution is 2.23. The molecule has 1 aliphatic heterocycles. The molecule has 1 atom stereocenters. The third-order valence-electron chi connectivity index (χ3n) is 2.01. The van der Waals surface area contributed by atoms with Gasteiger partial charge in [0.25, 0.3) is 0 Å². The molecule has 0 saturated carbocycles. The largest absolute Gasteiger partial charge is 0.480 e. The van der Waals surface area contributed by atoms with E-state index in [1.165, 1.54) is 0 Å². The van der Waals surface area contributed by atoms with E-state index in [1.807, 2.05) is 0 Å². The fourth-order valence-electron chi connectivity index (χ4n) is 1.47. The summed E-state index contributed by atoms with van der Waals surface area (Å²) < 4.78 is 1.72. The van der Waals surface area contributed by atoms with Crippen molar-refractivity contribution in [1.82, 2.24) is 9.55 Å². The Morgan fingerprint density at radius 1 is 1.75 bits per heavy atom. The van der Waals surface area contributed by atoms with Gasteiger partial charge in [0.2, 0.25) is 0 Å². The Balaban J connectivity index is 0.000000720. The quantitative estimate of drug-likeness (QED) is 0.712. The van der Waals surface area contributed by atoms with E-state index in [1.54, 1.807) is 17.0 Å². The maximum Gasteiger partial charge on any atom is 0.326 e. The number of rotatable bonds is 1. The Morgan fingerprint density at radius 3 is 3.17 bits per heavy atom. The number of fused-ring (bicyclic) bond motifs is 1. The zero-order valence-electron chi connectivity index (χ0n) is 6.30. The van der Waals surface area contributed by atoms with Gasteiger partial charge in [-0.2, -0.15) is 0 Å². The summed E-state index contributed by atoms with van der Waals surface area (Å²) in [6.07, 6.45) is 4.83. The summed E-state index contributed by atoms with van der Waals surface area (Å²) in [7, 11) is 0. The highest BCUT2D eigenvalue weighted by atomic mass is 35.5. The molecule has 1 aromatic rings. The summed E-state index contributed by atoms with van der Waals surface area (Å²) in [5.41, 5.74) is 0. The van der Waals surface area contributed by atoms with Crippen LogP contribution in [0.4, 0.5) is 0 Å². The van der Waals surface area contributed by atoms with Crippen molar-refractivity contribution in [2.24, 2.45) is 0 Å². The molecule has 0 bridgehead atoms. The van der Waals surface area contributed by atoms with E-state index < -0.39 is 5.97 Å². The molecule has 0 aliphatic carbocycles. The monoisotopic (exact) mass is 188 g/mol. The van der Waals surface area contributed by atoms with Gasteiger partial charge in [0.1, 0.15) is 11.9 Å². The van der Waals surface area contributed by atoms with Gasteiger partial charge < -0.3 is 9.67 Å². The smallest absolute Gasteiger partial charge is 0.326 e. The number of hydrogen-bond donors (Lipinski definition) is 1. The second kappa shape index (κ2) is 3.15. The van der Waals surface area contributed by atoms with Gasteiger partial charge in [-0.1, -0.05) is 0 Å².